The van der Waals surface area contributed by atoms with E-state index in [-0.39, 0.29) is 18.1 Å². The standard InChI is InChI=1S/C16H24N2O3/c1-4-11(2)21-16(19)12(3)18-7-8-20-15-9-13(10-17)5-6-14(15)18/h5-6,9,11-12H,4,7-8,10,17H2,1-3H3. The molecule has 2 rings (SSSR count). The number of benzene rings is 1. The lowest BCUT2D eigenvalue weighted by atomic mass is 10.1. The Balaban J connectivity index is 2.17. The van der Waals surface area contributed by atoms with Crippen LogP contribution in [0.3, 0.4) is 0 Å². The van der Waals surface area contributed by atoms with Gasteiger partial charge in [-0.25, -0.2) is 4.79 Å². The molecule has 0 amide bonds. The number of nitrogens with zero attached hydrogens (tertiary/aromatic N) is 1. The first-order chi connectivity index (χ1) is 10.1. The van der Waals surface area contributed by atoms with Crippen LogP contribution in [0.1, 0.15) is 32.8 Å². The molecule has 0 saturated heterocycles. The van der Waals surface area contributed by atoms with E-state index in [1.807, 2.05) is 43.9 Å². The summed E-state index contributed by atoms with van der Waals surface area (Å²) in [5.74, 6) is 0.590. The average molecular weight is 292 g/mol. The van der Waals surface area contributed by atoms with Gasteiger partial charge < -0.3 is 20.1 Å². The SMILES string of the molecule is CCC(C)OC(=O)C(C)N1CCOc2cc(CN)ccc21. The third kappa shape index (κ3) is 3.47. The second-order valence-electron chi connectivity index (χ2n) is 5.38. The Hall–Kier alpha value is -1.75. The van der Waals surface area contributed by atoms with Gasteiger partial charge in [0.1, 0.15) is 18.4 Å². The van der Waals surface area contributed by atoms with E-state index in [4.69, 9.17) is 15.2 Å². The molecule has 21 heavy (non-hydrogen) atoms. The lowest BCUT2D eigenvalue weighted by Crippen LogP contribution is -2.45. The van der Waals surface area contributed by atoms with E-state index in [1.54, 1.807) is 0 Å². The molecule has 0 bridgehead atoms. The molecule has 0 aromatic heterocycles. The summed E-state index contributed by atoms with van der Waals surface area (Å²) in [6.07, 6.45) is 0.762. The van der Waals surface area contributed by atoms with Gasteiger partial charge >= 0.3 is 5.97 Å². The van der Waals surface area contributed by atoms with E-state index in [9.17, 15) is 4.79 Å². The quantitative estimate of drug-likeness (QED) is 0.842. The zero-order chi connectivity index (χ0) is 15.4. The summed E-state index contributed by atoms with van der Waals surface area (Å²) in [6, 6.07) is 5.54. The highest BCUT2D eigenvalue weighted by Crippen LogP contribution is 2.33. The van der Waals surface area contributed by atoms with Crippen LogP contribution in [0.5, 0.6) is 5.75 Å². The largest absolute Gasteiger partial charge is 0.490 e. The molecule has 0 fully saturated rings. The lowest BCUT2D eigenvalue weighted by Gasteiger charge is -2.35. The fourth-order valence-corrected chi connectivity index (χ4v) is 2.32. The van der Waals surface area contributed by atoms with Crippen LogP contribution in [0, 0.1) is 0 Å². The summed E-state index contributed by atoms with van der Waals surface area (Å²) in [7, 11) is 0. The molecule has 1 heterocycles. The Morgan fingerprint density at radius 2 is 2.24 bits per heavy atom. The second kappa shape index (κ2) is 6.80. The van der Waals surface area contributed by atoms with Gasteiger partial charge in [0, 0.05) is 6.54 Å². The fourth-order valence-electron chi connectivity index (χ4n) is 2.32. The van der Waals surface area contributed by atoms with Crippen LogP contribution in [0.4, 0.5) is 5.69 Å². The third-order valence-corrected chi connectivity index (χ3v) is 3.86. The Kier molecular flexibility index (Phi) is 5.07. The first-order valence-corrected chi connectivity index (χ1v) is 7.49. The molecule has 2 atom stereocenters. The minimum absolute atomic E-state index is 0.0555. The number of carbonyl (C=O) groups is 1. The smallest absolute Gasteiger partial charge is 0.328 e. The molecule has 1 aromatic rings. The summed E-state index contributed by atoms with van der Waals surface area (Å²) < 4.78 is 11.1. The van der Waals surface area contributed by atoms with Crippen LogP contribution >= 0.6 is 0 Å². The zero-order valence-electron chi connectivity index (χ0n) is 13.0. The normalized spacial score (nSPS) is 16.7. The number of hydrogen-bond acceptors (Lipinski definition) is 5. The molecule has 1 aliphatic rings. The van der Waals surface area contributed by atoms with E-state index in [2.05, 4.69) is 0 Å². The van der Waals surface area contributed by atoms with Crippen molar-refractivity contribution in [2.75, 3.05) is 18.1 Å². The van der Waals surface area contributed by atoms with Gasteiger partial charge in [-0.3, -0.25) is 0 Å². The monoisotopic (exact) mass is 292 g/mol. The molecule has 0 spiro atoms. The second-order valence-corrected chi connectivity index (χ2v) is 5.38. The van der Waals surface area contributed by atoms with Crippen molar-refractivity contribution < 1.29 is 14.3 Å². The summed E-state index contributed by atoms with van der Waals surface area (Å²) in [5.41, 5.74) is 7.59. The third-order valence-electron chi connectivity index (χ3n) is 3.86. The van der Waals surface area contributed by atoms with Crippen LogP contribution in [0.15, 0.2) is 18.2 Å². The number of carbonyl (C=O) groups excluding carboxylic acids is 1. The zero-order valence-corrected chi connectivity index (χ0v) is 13.0. The summed E-state index contributed by atoms with van der Waals surface area (Å²) in [5, 5.41) is 0. The van der Waals surface area contributed by atoms with Crippen molar-refractivity contribution >= 4 is 11.7 Å². The number of fused-ring (bicyclic) bond motifs is 1. The van der Waals surface area contributed by atoms with Crippen molar-refractivity contribution in [2.45, 2.75) is 45.9 Å². The van der Waals surface area contributed by atoms with E-state index < -0.39 is 0 Å². The number of hydrogen-bond donors (Lipinski definition) is 1. The maximum Gasteiger partial charge on any atom is 0.328 e. The van der Waals surface area contributed by atoms with Gasteiger partial charge in [0.05, 0.1) is 18.3 Å². The first-order valence-electron chi connectivity index (χ1n) is 7.49. The van der Waals surface area contributed by atoms with Gasteiger partial charge in [0.15, 0.2) is 0 Å². The van der Waals surface area contributed by atoms with Gasteiger partial charge in [0.2, 0.25) is 0 Å². The molecular weight excluding hydrogens is 268 g/mol. The Morgan fingerprint density at radius 1 is 1.48 bits per heavy atom. The molecule has 0 aliphatic carbocycles. The van der Waals surface area contributed by atoms with Crippen molar-refractivity contribution in [3.8, 4) is 5.75 Å². The van der Waals surface area contributed by atoms with Crippen molar-refractivity contribution in [2.24, 2.45) is 5.73 Å². The summed E-state index contributed by atoms with van der Waals surface area (Å²) >= 11 is 0. The van der Waals surface area contributed by atoms with Gasteiger partial charge in [0.25, 0.3) is 0 Å². The molecule has 1 aliphatic heterocycles. The van der Waals surface area contributed by atoms with Crippen molar-refractivity contribution in [3.05, 3.63) is 23.8 Å². The van der Waals surface area contributed by atoms with Gasteiger partial charge in [-0.1, -0.05) is 13.0 Å². The molecule has 0 saturated carbocycles. The average Bonchev–Trinajstić information content (AvgIpc) is 2.52. The van der Waals surface area contributed by atoms with Crippen LogP contribution in [-0.2, 0) is 16.1 Å². The fraction of sp³-hybridized carbons (Fsp3) is 0.562. The number of ether oxygens (including phenoxy) is 2. The van der Waals surface area contributed by atoms with E-state index in [1.165, 1.54) is 0 Å². The first kappa shape index (κ1) is 15.6. The lowest BCUT2D eigenvalue weighted by molar-refractivity contribution is -0.149. The molecule has 1 aromatic carbocycles. The van der Waals surface area contributed by atoms with Gasteiger partial charge in [-0.2, -0.15) is 0 Å². The highest BCUT2D eigenvalue weighted by atomic mass is 16.5. The predicted molar refractivity (Wildman–Crippen MR) is 82.5 cm³/mol. The molecule has 2 N–H and O–H groups in total. The van der Waals surface area contributed by atoms with E-state index in [0.29, 0.717) is 19.7 Å². The van der Waals surface area contributed by atoms with Gasteiger partial charge in [-0.05, 0) is 38.0 Å². The Bertz CT molecular complexity index is 504. The van der Waals surface area contributed by atoms with Crippen LogP contribution in [0.2, 0.25) is 0 Å². The Labute approximate surface area is 126 Å². The molecule has 5 heteroatoms. The topological polar surface area (TPSA) is 64.8 Å². The highest BCUT2D eigenvalue weighted by molar-refractivity contribution is 5.81. The van der Waals surface area contributed by atoms with Crippen molar-refractivity contribution in [1.29, 1.82) is 0 Å². The number of nitrogens with two attached hydrogens (primary N) is 1. The van der Waals surface area contributed by atoms with Crippen LogP contribution in [-0.4, -0.2) is 31.3 Å². The minimum Gasteiger partial charge on any atom is -0.490 e. The molecule has 0 radical (unpaired) electrons. The van der Waals surface area contributed by atoms with Crippen molar-refractivity contribution in [3.63, 3.8) is 0 Å². The highest BCUT2D eigenvalue weighted by Gasteiger charge is 2.28. The number of anilines is 1. The van der Waals surface area contributed by atoms with E-state index in [0.717, 1.165) is 23.4 Å². The predicted octanol–water partition coefficient (Wildman–Crippen LogP) is 2.07. The van der Waals surface area contributed by atoms with E-state index >= 15 is 0 Å². The summed E-state index contributed by atoms with van der Waals surface area (Å²) in [4.78, 5) is 14.3. The number of rotatable bonds is 5. The van der Waals surface area contributed by atoms with Crippen LogP contribution < -0.4 is 15.4 Å². The van der Waals surface area contributed by atoms with Gasteiger partial charge in [-0.15, -0.1) is 0 Å². The molecule has 116 valence electrons. The molecule has 2 unspecified atom stereocenters. The Morgan fingerprint density at radius 3 is 2.90 bits per heavy atom. The maximum atomic E-state index is 12.2. The van der Waals surface area contributed by atoms with Crippen molar-refractivity contribution in [1.82, 2.24) is 0 Å². The molecular formula is C16H24N2O3. The minimum atomic E-state index is -0.328. The maximum absolute atomic E-state index is 12.2. The summed E-state index contributed by atoms with van der Waals surface area (Å²) in [6.45, 7) is 7.49. The molecule has 5 nitrogen and oxygen atoms in total. The number of esters is 1. The van der Waals surface area contributed by atoms with Crippen LogP contribution in [0.25, 0.3) is 0 Å².